The average molecular weight is 369 g/mol. The van der Waals surface area contributed by atoms with E-state index in [1.165, 1.54) is 18.1 Å². The summed E-state index contributed by atoms with van der Waals surface area (Å²) in [6, 6.07) is 12.4. The molecule has 0 amide bonds. The van der Waals surface area contributed by atoms with Crippen molar-refractivity contribution in [1.29, 1.82) is 0 Å². The van der Waals surface area contributed by atoms with Crippen LogP contribution < -0.4 is 9.47 Å². The van der Waals surface area contributed by atoms with Crippen LogP contribution in [-0.2, 0) is 4.79 Å². The molecule has 3 heteroatoms. The number of esters is 1. The number of rotatable bonds is 7. The van der Waals surface area contributed by atoms with Crippen LogP contribution in [0.15, 0.2) is 36.4 Å². The standard InChI is InChI=1S/C24H32O3/c1-8-24(7,9-2)27-23-13-11-21(15-17(23)4)18(5)20-10-12-22(16(3)14-20)26-19(6)25/h10-15,18H,8-9H2,1-7H3. The molecule has 2 aromatic rings. The van der Waals surface area contributed by atoms with E-state index in [1.54, 1.807) is 0 Å². The smallest absolute Gasteiger partial charge is 0.308 e. The van der Waals surface area contributed by atoms with Crippen LogP contribution >= 0.6 is 0 Å². The first-order chi connectivity index (χ1) is 12.7. The zero-order valence-electron chi connectivity index (χ0n) is 17.7. The first-order valence-corrected chi connectivity index (χ1v) is 9.77. The summed E-state index contributed by atoms with van der Waals surface area (Å²) in [7, 11) is 0. The average Bonchev–Trinajstić information content (AvgIpc) is 2.64. The SMILES string of the molecule is CCC(C)(CC)Oc1ccc(C(C)c2ccc(OC(C)=O)c(C)c2)cc1C. The van der Waals surface area contributed by atoms with Gasteiger partial charge in [-0.1, -0.05) is 45.0 Å². The van der Waals surface area contributed by atoms with Gasteiger partial charge in [-0.25, -0.2) is 0 Å². The molecule has 27 heavy (non-hydrogen) atoms. The quantitative estimate of drug-likeness (QED) is 0.423. The first kappa shape index (κ1) is 21.0. The van der Waals surface area contributed by atoms with E-state index in [2.05, 4.69) is 58.9 Å². The third-order valence-corrected chi connectivity index (χ3v) is 5.50. The topological polar surface area (TPSA) is 35.5 Å². The molecule has 2 rings (SSSR count). The number of carbonyl (C=O) groups excluding carboxylic acids is 1. The van der Waals surface area contributed by atoms with E-state index in [-0.39, 0.29) is 17.5 Å². The molecule has 0 saturated heterocycles. The lowest BCUT2D eigenvalue weighted by atomic mass is 9.91. The van der Waals surface area contributed by atoms with E-state index in [4.69, 9.17) is 9.47 Å². The van der Waals surface area contributed by atoms with E-state index >= 15 is 0 Å². The third-order valence-electron chi connectivity index (χ3n) is 5.50. The Balaban J connectivity index is 2.24. The number of benzene rings is 2. The third kappa shape index (κ3) is 5.12. The van der Waals surface area contributed by atoms with Gasteiger partial charge in [0.15, 0.2) is 0 Å². The van der Waals surface area contributed by atoms with E-state index in [9.17, 15) is 4.79 Å². The van der Waals surface area contributed by atoms with Crippen molar-refractivity contribution < 1.29 is 14.3 Å². The molecule has 3 nitrogen and oxygen atoms in total. The highest BCUT2D eigenvalue weighted by atomic mass is 16.5. The van der Waals surface area contributed by atoms with Gasteiger partial charge in [-0.3, -0.25) is 4.79 Å². The van der Waals surface area contributed by atoms with E-state index in [0.717, 1.165) is 29.7 Å². The summed E-state index contributed by atoms with van der Waals surface area (Å²) in [6.07, 6.45) is 1.96. The molecule has 0 spiro atoms. The Morgan fingerprint density at radius 2 is 1.44 bits per heavy atom. The van der Waals surface area contributed by atoms with Gasteiger partial charge >= 0.3 is 5.97 Å². The summed E-state index contributed by atoms with van der Waals surface area (Å²) in [5, 5.41) is 0. The van der Waals surface area contributed by atoms with Gasteiger partial charge in [-0.15, -0.1) is 0 Å². The van der Waals surface area contributed by atoms with Crippen LogP contribution in [0.25, 0.3) is 0 Å². The maximum absolute atomic E-state index is 11.2. The molecular weight excluding hydrogens is 336 g/mol. The maximum atomic E-state index is 11.2. The van der Waals surface area contributed by atoms with Crippen LogP contribution in [0.1, 0.15) is 75.6 Å². The monoisotopic (exact) mass is 368 g/mol. The Bertz CT molecular complexity index is 803. The second-order valence-electron chi connectivity index (χ2n) is 7.62. The lowest BCUT2D eigenvalue weighted by Gasteiger charge is -2.29. The minimum Gasteiger partial charge on any atom is -0.487 e. The zero-order valence-corrected chi connectivity index (χ0v) is 17.7. The molecule has 0 aromatic heterocycles. The molecule has 0 radical (unpaired) electrons. The zero-order chi connectivity index (χ0) is 20.2. The second kappa shape index (κ2) is 8.60. The fourth-order valence-electron chi connectivity index (χ4n) is 3.12. The lowest BCUT2D eigenvalue weighted by molar-refractivity contribution is -0.131. The highest BCUT2D eigenvalue weighted by Gasteiger charge is 2.22. The number of hydrogen-bond donors (Lipinski definition) is 0. The molecule has 2 aromatic carbocycles. The van der Waals surface area contributed by atoms with Crippen molar-refractivity contribution in [3.63, 3.8) is 0 Å². The highest BCUT2D eigenvalue weighted by molar-refractivity contribution is 5.69. The Morgan fingerprint density at radius 3 is 1.85 bits per heavy atom. The largest absolute Gasteiger partial charge is 0.487 e. The van der Waals surface area contributed by atoms with Crippen molar-refractivity contribution in [1.82, 2.24) is 0 Å². The number of carbonyl (C=O) groups is 1. The molecule has 1 unspecified atom stereocenters. The number of aryl methyl sites for hydroxylation is 2. The number of hydrogen-bond acceptors (Lipinski definition) is 3. The maximum Gasteiger partial charge on any atom is 0.308 e. The van der Waals surface area contributed by atoms with E-state index in [1.807, 2.05) is 19.1 Å². The first-order valence-electron chi connectivity index (χ1n) is 9.77. The number of ether oxygens (including phenoxy) is 2. The summed E-state index contributed by atoms with van der Waals surface area (Å²) >= 11 is 0. The summed E-state index contributed by atoms with van der Waals surface area (Å²) in [5.74, 6) is 1.53. The lowest BCUT2D eigenvalue weighted by Crippen LogP contribution is -2.30. The van der Waals surface area contributed by atoms with Gasteiger partial charge in [-0.05, 0) is 68.0 Å². The molecule has 0 saturated carbocycles. The Labute approximate surface area is 163 Å². The molecule has 0 aliphatic rings. The van der Waals surface area contributed by atoms with Crippen molar-refractivity contribution in [2.24, 2.45) is 0 Å². The minimum absolute atomic E-state index is 0.123. The molecular formula is C24H32O3. The van der Waals surface area contributed by atoms with Crippen molar-refractivity contribution in [2.75, 3.05) is 0 Å². The van der Waals surface area contributed by atoms with Gasteiger partial charge in [0.2, 0.25) is 0 Å². The van der Waals surface area contributed by atoms with Crippen LogP contribution in [0.5, 0.6) is 11.5 Å². The van der Waals surface area contributed by atoms with Crippen LogP contribution in [0.2, 0.25) is 0 Å². The highest BCUT2D eigenvalue weighted by Crippen LogP contribution is 2.33. The van der Waals surface area contributed by atoms with Crippen molar-refractivity contribution >= 4 is 5.97 Å². The van der Waals surface area contributed by atoms with Crippen LogP contribution in [0.4, 0.5) is 0 Å². The Kier molecular flexibility index (Phi) is 6.69. The fourth-order valence-corrected chi connectivity index (χ4v) is 3.12. The molecule has 0 aliphatic heterocycles. The van der Waals surface area contributed by atoms with Crippen molar-refractivity contribution in [2.45, 2.75) is 72.8 Å². The van der Waals surface area contributed by atoms with Gasteiger partial charge in [0, 0.05) is 12.8 Å². The summed E-state index contributed by atoms with van der Waals surface area (Å²) in [6.45, 7) is 14.2. The van der Waals surface area contributed by atoms with Gasteiger partial charge < -0.3 is 9.47 Å². The van der Waals surface area contributed by atoms with Gasteiger partial charge in [0.1, 0.15) is 17.1 Å². The van der Waals surface area contributed by atoms with Crippen LogP contribution in [-0.4, -0.2) is 11.6 Å². The minimum atomic E-state index is -0.295. The van der Waals surface area contributed by atoms with Crippen LogP contribution in [0, 0.1) is 13.8 Å². The molecule has 0 bridgehead atoms. The Hall–Kier alpha value is -2.29. The summed E-state index contributed by atoms with van der Waals surface area (Å²) < 4.78 is 11.5. The molecule has 0 aliphatic carbocycles. The van der Waals surface area contributed by atoms with Crippen molar-refractivity contribution in [3.05, 3.63) is 58.7 Å². The molecule has 0 heterocycles. The Morgan fingerprint density at radius 1 is 0.963 bits per heavy atom. The van der Waals surface area contributed by atoms with E-state index in [0.29, 0.717) is 5.75 Å². The van der Waals surface area contributed by atoms with Gasteiger partial charge in [-0.2, -0.15) is 0 Å². The molecule has 0 N–H and O–H groups in total. The fraction of sp³-hybridized carbons (Fsp3) is 0.458. The van der Waals surface area contributed by atoms with Crippen molar-refractivity contribution in [3.8, 4) is 11.5 Å². The normalized spacial score (nSPS) is 12.6. The summed E-state index contributed by atoms with van der Waals surface area (Å²) in [4.78, 5) is 11.2. The predicted octanol–water partition coefficient (Wildman–Crippen LogP) is 6.34. The molecule has 1 atom stereocenters. The van der Waals surface area contributed by atoms with Gasteiger partial charge in [0.05, 0.1) is 0 Å². The molecule has 146 valence electrons. The van der Waals surface area contributed by atoms with Crippen LogP contribution in [0.3, 0.4) is 0 Å². The van der Waals surface area contributed by atoms with Gasteiger partial charge in [0.25, 0.3) is 0 Å². The molecule has 0 fully saturated rings. The second-order valence-corrected chi connectivity index (χ2v) is 7.62. The summed E-state index contributed by atoms with van der Waals surface area (Å²) in [5.41, 5.74) is 4.44. The predicted molar refractivity (Wildman–Crippen MR) is 111 cm³/mol. The van der Waals surface area contributed by atoms with E-state index < -0.39 is 0 Å².